The number of morpholine rings is 1. The predicted octanol–water partition coefficient (Wildman–Crippen LogP) is 1.53. The molecule has 2 unspecified atom stereocenters. The van der Waals surface area contributed by atoms with E-state index in [0.717, 1.165) is 30.8 Å². The van der Waals surface area contributed by atoms with Gasteiger partial charge in [-0.15, -0.1) is 0 Å². The maximum absolute atomic E-state index is 8.90. The molecule has 1 aliphatic carbocycles. The van der Waals surface area contributed by atoms with Crippen molar-refractivity contribution in [2.75, 3.05) is 13.2 Å². The van der Waals surface area contributed by atoms with Crippen molar-refractivity contribution >= 4 is 5.84 Å². The number of hydrogen-bond donors (Lipinski definition) is 2. The summed E-state index contributed by atoms with van der Waals surface area (Å²) in [5.74, 6) is 0.178. The third-order valence-corrected chi connectivity index (χ3v) is 4.37. The molecular formula is C15H21N3O2. The van der Waals surface area contributed by atoms with Crippen LogP contribution in [0.2, 0.25) is 0 Å². The van der Waals surface area contributed by atoms with E-state index in [2.05, 4.69) is 10.1 Å². The lowest BCUT2D eigenvalue weighted by molar-refractivity contribution is -0.0588. The maximum Gasteiger partial charge on any atom is 0.170 e. The number of oxime groups is 1. The van der Waals surface area contributed by atoms with Gasteiger partial charge in [-0.2, -0.15) is 0 Å². The van der Waals surface area contributed by atoms with Gasteiger partial charge >= 0.3 is 0 Å². The van der Waals surface area contributed by atoms with Gasteiger partial charge in [0.1, 0.15) is 0 Å². The van der Waals surface area contributed by atoms with Crippen LogP contribution in [0.15, 0.2) is 29.4 Å². The summed E-state index contributed by atoms with van der Waals surface area (Å²) in [6.45, 7) is 2.58. The molecule has 1 aliphatic heterocycles. The second-order valence-electron chi connectivity index (χ2n) is 5.52. The Balaban J connectivity index is 1.80. The minimum Gasteiger partial charge on any atom is -0.409 e. The molecule has 0 bridgehead atoms. The first-order valence-corrected chi connectivity index (χ1v) is 7.21. The highest BCUT2D eigenvalue weighted by atomic mass is 16.5. The first-order valence-electron chi connectivity index (χ1n) is 7.21. The van der Waals surface area contributed by atoms with Crippen LogP contribution in [-0.4, -0.2) is 41.2 Å². The molecule has 108 valence electrons. The van der Waals surface area contributed by atoms with E-state index in [1.165, 1.54) is 19.3 Å². The monoisotopic (exact) mass is 275 g/mol. The molecule has 2 fully saturated rings. The topological polar surface area (TPSA) is 71.1 Å². The number of fused-ring (bicyclic) bond motifs is 1. The van der Waals surface area contributed by atoms with E-state index in [1.807, 2.05) is 24.3 Å². The van der Waals surface area contributed by atoms with E-state index < -0.39 is 0 Å². The summed E-state index contributed by atoms with van der Waals surface area (Å²) in [6, 6.07) is 8.37. The van der Waals surface area contributed by atoms with E-state index in [9.17, 15) is 0 Å². The van der Waals surface area contributed by atoms with E-state index in [-0.39, 0.29) is 5.84 Å². The summed E-state index contributed by atoms with van der Waals surface area (Å²) >= 11 is 0. The van der Waals surface area contributed by atoms with Crippen molar-refractivity contribution in [2.45, 2.75) is 38.0 Å². The highest BCUT2D eigenvalue weighted by Crippen LogP contribution is 2.30. The van der Waals surface area contributed by atoms with Gasteiger partial charge in [0, 0.05) is 24.7 Å². The van der Waals surface area contributed by atoms with Crippen LogP contribution < -0.4 is 5.73 Å². The van der Waals surface area contributed by atoms with Crippen molar-refractivity contribution in [2.24, 2.45) is 10.9 Å². The predicted molar refractivity (Wildman–Crippen MR) is 76.7 cm³/mol. The highest BCUT2D eigenvalue weighted by Gasteiger charge is 2.36. The van der Waals surface area contributed by atoms with Crippen LogP contribution in [0.3, 0.4) is 0 Å². The van der Waals surface area contributed by atoms with E-state index >= 15 is 0 Å². The van der Waals surface area contributed by atoms with Crippen molar-refractivity contribution < 1.29 is 9.94 Å². The zero-order valence-corrected chi connectivity index (χ0v) is 11.5. The molecule has 2 atom stereocenters. The fourth-order valence-electron chi connectivity index (χ4n) is 3.38. The van der Waals surface area contributed by atoms with Crippen LogP contribution in [0.4, 0.5) is 0 Å². The smallest absolute Gasteiger partial charge is 0.170 e. The summed E-state index contributed by atoms with van der Waals surface area (Å²) in [4.78, 5) is 2.48. The number of hydrogen-bond acceptors (Lipinski definition) is 4. The molecule has 3 N–H and O–H groups in total. The van der Waals surface area contributed by atoms with E-state index in [1.54, 1.807) is 0 Å². The molecule has 1 saturated carbocycles. The molecule has 1 aromatic rings. The van der Waals surface area contributed by atoms with Crippen molar-refractivity contribution in [3.8, 4) is 0 Å². The van der Waals surface area contributed by atoms with Crippen LogP contribution in [0.25, 0.3) is 0 Å². The Kier molecular flexibility index (Phi) is 3.89. The Morgan fingerprint density at radius 2 is 2.25 bits per heavy atom. The van der Waals surface area contributed by atoms with E-state index in [4.69, 9.17) is 15.7 Å². The SMILES string of the molecule is NC(=NO)c1ccccc1CN1CCOC2CCCC21. The maximum atomic E-state index is 8.90. The zero-order valence-electron chi connectivity index (χ0n) is 11.5. The molecule has 1 aromatic carbocycles. The van der Waals surface area contributed by atoms with Crippen molar-refractivity contribution in [1.29, 1.82) is 0 Å². The fraction of sp³-hybridized carbons (Fsp3) is 0.533. The van der Waals surface area contributed by atoms with Crippen molar-refractivity contribution in [3.05, 3.63) is 35.4 Å². The molecule has 0 spiro atoms. The Morgan fingerprint density at radius 1 is 1.40 bits per heavy atom. The molecule has 0 amide bonds. The average molecular weight is 275 g/mol. The molecular weight excluding hydrogens is 254 g/mol. The molecule has 1 saturated heterocycles. The summed E-state index contributed by atoms with van der Waals surface area (Å²) in [7, 11) is 0. The lowest BCUT2D eigenvalue weighted by atomic mass is 10.0. The third kappa shape index (κ3) is 2.51. The van der Waals surface area contributed by atoms with Gasteiger partial charge in [-0.3, -0.25) is 4.90 Å². The molecule has 0 aromatic heterocycles. The number of amidine groups is 1. The first-order chi connectivity index (χ1) is 9.79. The number of ether oxygens (including phenoxy) is 1. The second kappa shape index (κ2) is 5.81. The van der Waals surface area contributed by atoms with Gasteiger partial charge in [-0.05, 0) is 24.8 Å². The van der Waals surface area contributed by atoms with Crippen molar-refractivity contribution in [1.82, 2.24) is 4.90 Å². The quantitative estimate of drug-likeness (QED) is 0.380. The lowest BCUT2D eigenvalue weighted by Crippen LogP contribution is -2.48. The Morgan fingerprint density at radius 3 is 3.10 bits per heavy atom. The molecule has 0 radical (unpaired) electrons. The van der Waals surface area contributed by atoms with Gasteiger partial charge < -0.3 is 15.7 Å². The zero-order chi connectivity index (χ0) is 13.9. The summed E-state index contributed by atoms with van der Waals surface area (Å²) in [6.07, 6.45) is 4.01. The van der Waals surface area contributed by atoms with Crippen LogP contribution in [0, 0.1) is 0 Å². The standard InChI is InChI=1S/C15H21N3O2/c16-15(17-19)12-5-2-1-4-11(12)10-18-8-9-20-14-7-3-6-13(14)18/h1-2,4-5,13-14,19H,3,6-10H2,(H2,16,17). The van der Waals surface area contributed by atoms with E-state index in [0.29, 0.717) is 12.1 Å². The van der Waals surface area contributed by atoms with Crippen molar-refractivity contribution in [3.63, 3.8) is 0 Å². The first kappa shape index (κ1) is 13.4. The minimum absolute atomic E-state index is 0.178. The van der Waals surface area contributed by atoms with Gasteiger partial charge in [-0.25, -0.2) is 0 Å². The van der Waals surface area contributed by atoms with Gasteiger partial charge in [0.05, 0.1) is 12.7 Å². The highest BCUT2D eigenvalue weighted by molar-refractivity contribution is 5.98. The molecule has 2 aliphatic rings. The Labute approximate surface area is 119 Å². The van der Waals surface area contributed by atoms with Crippen LogP contribution in [-0.2, 0) is 11.3 Å². The summed E-state index contributed by atoms with van der Waals surface area (Å²) < 4.78 is 5.84. The van der Waals surface area contributed by atoms with Gasteiger partial charge in [0.25, 0.3) is 0 Å². The fourth-order valence-corrected chi connectivity index (χ4v) is 3.38. The number of benzene rings is 1. The molecule has 5 heteroatoms. The third-order valence-electron chi connectivity index (χ3n) is 4.37. The van der Waals surface area contributed by atoms with Crippen LogP contribution >= 0.6 is 0 Å². The molecule has 20 heavy (non-hydrogen) atoms. The van der Waals surface area contributed by atoms with Crippen LogP contribution in [0.5, 0.6) is 0 Å². The largest absolute Gasteiger partial charge is 0.409 e. The van der Waals surface area contributed by atoms with Crippen LogP contribution in [0.1, 0.15) is 30.4 Å². The van der Waals surface area contributed by atoms with Gasteiger partial charge in [0.15, 0.2) is 5.84 Å². The Bertz CT molecular complexity index is 504. The number of rotatable bonds is 3. The average Bonchev–Trinajstić information content (AvgIpc) is 2.96. The molecule has 5 nitrogen and oxygen atoms in total. The minimum atomic E-state index is 0.178. The summed E-state index contributed by atoms with van der Waals surface area (Å²) in [5, 5.41) is 12.0. The lowest BCUT2D eigenvalue weighted by Gasteiger charge is -2.38. The number of nitrogens with zero attached hydrogens (tertiary/aromatic N) is 2. The van der Waals surface area contributed by atoms with Gasteiger partial charge in [-0.1, -0.05) is 29.4 Å². The van der Waals surface area contributed by atoms with Gasteiger partial charge in [0.2, 0.25) is 0 Å². The molecule has 1 heterocycles. The second-order valence-corrected chi connectivity index (χ2v) is 5.52. The normalized spacial score (nSPS) is 27.5. The summed E-state index contributed by atoms with van der Waals surface area (Å²) in [5.41, 5.74) is 7.69. The number of nitrogens with two attached hydrogens (primary N) is 1. The Hall–Kier alpha value is -1.59. The molecule has 3 rings (SSSR count).